The van der Waals surface area contributed by atoms with Crippen molar-refractivity contribution in [2.45, 2.75) is 32.1 Å². The van der Waals surface area contributed by atoms with Crippen LogP contribution in [-0.2, 0) is 10.2 Å². The molecule has 3 nitrogen and oxygen atoms in total. The van der Waals surface area contributed by atoms with Crippen molar-refractivity contribution >= 4 is 21.9 Å². The van der Waals surface area contributed by atoms with Gasteiger partial charge in [-0.05, 0) is 30.0 Å². The van der Waals surface area contributed by atoms with Crippen molar-refractivity contribution in [3.63, 3.8) is 0 Å². The number of hydrogen-bond donors (Lipinski definition) is 1. The fourth-order valence-electron chi connectivity index (χ4n) is 2.09. The molecule has 4 heteroatoms. The van der Waals surface area contributed by atoms with Crippen LogP contribution >= 0.6 is 15.9 Å². The Kier molecular flexibility index (Phi) is 4.92. The molecule has 0 aliphatic heterocycles. The highest BCUT2D eigenvalue weighted by atomic mass is 79.9. The molecule has 1 aromatic carbocycles. The third-order valence-corrected chi connectivity index (χ3v) is 3.75. The fraction of sp³-hybridized carbons (Fsp3) is 0.429. The van der Waals surface area contributed by atoms with Gasteiger partial charge in [0.2, 0.25) is 0 Å². The Morgan fingerprint density at radius 3 is 2.67 bits per heavy atom. The van der Waals surface area contributed by atoms with Crippen LogP contribution in [-0.4, -0.2) is 11.1 Å². The predicted molar refractivity (Wildman–Crippen MR) is 73.1 cm³/mol. The third kappa shape index (κ3) is 3.11. The van der Waals surface area contributed by atoms with Gasteiger partial charge in [-0.15, -0.1) is 0 Å². The van der Waals surface area contributed by atoms with E-state index in [1.807, 2.05) is 38.1 Å². The van der Waals surface area contributed by atoms with Crippen molar-refractivity contribution in [1.82, 2.24) is 0 Å². The fourth-order valence-corrected chi connectivity index (χ4v) is 2.49. The number of halogens is 1. The van der Waals surface area contributed by atoms with E-state index in [2.05, 4.69) is 22.0 Å². The van der Waals surface area contributed by atoms with Gasteiger partial charge < -0.3 is 5.11 Å². The van der Waals surface area contributed by atoms with Crippen LogP contribution in [0.25, 0.3) is 0 Å². The molecule has 0 amide bonds. The van der Waals surface area contributed by atoms with Crippen molar-refractivity contribution in [3.8, 4) is 6.07 Å². The Bertz CT molecular complexity index is 479. The van der Waals surface area contributed by atoms with Crippen LogP contribution in [0.2, 0.25) is 0 Å². The first-order chi connectivity index (χ1) is 8.42. The molecule has 0 saturated carbocycles. The van der Waals surface area contributed by atoms with E-state index in [0.29, 0.717) is 6.42 Å². The van der Waals surface area contributed by atoms with Crippen molar-refractivity contribution < 1.29 is 9.90 Å². The molecule has 1 rings (SSSR count). The van der Waals surface area contributed by atoms with E-state index in [4.69, 9.17) is 5.11 Å². The number of benzene rings is 1. The van der Waals surface area contributed by atoms with Gasteiger partial charge in [-0.1, -0.05) is 41.9 Å². The molecule has 1 aromatic rings. The summed E-state index contributed by atoms with van der Waals surface area (Å²) in [4.78, 5) is 10.8. The Hall–Kier alpha value is -1.34. The number of rotatable bonds is 5. The summed E-state index contributed by atoms with van der Waals surface area (Å²) < 4.78 is 0.899. The molecular weight excluding hydrogens is 294 g/mol. The monoisotopic (exact) mass is 309 g/mol. The van der Waals surface area contributed by atoms with Gasteiger partial charge in [-0.3, -0.25) is 4.79 Å². The zero-order valence-electron chi connectivity index (χ0n) is 10.5. The molecule has 0 aromatic heterocycles. The van der Waals surface area contributed by atoms with Crippen LogP contribution in [0.4, 0.5) is 0 Å². The molecule has 1 atom stereocenters. The summed E-state index contributed by atoms with van der Waals surface area (Å²) in [5, 5.41) is 18.4. The van der Waals surface area contributed by atoms with Crippen LogP contribution in [0.3, 0.4) is 0 Å². The lowest BCUT2D eigenvalue weighted by molar-refractivity contribution is -0.137. The predicted octanol–water partition coefficient (Wildman–Crippen LogP) is 3.73. The minimum atomic E-state index is -0.870. The zero-order chi connectivity index (χ0) is 13.8. The summed E-state index contributed by atoms with van der Waals surface area (Å²) in [6.45, 7) is 3.90. The number of carbonyl (C=O) groups is 1. The van der Waals surface area contributed by atoms with E-state index in [1.54, 1.807) is 0 Å². The molecule has 1 unspecified atom stereocenters. The molecule has 1 N–H and O–H groups in total. The number of hydrogen-bond acceptors (Lipinski definition) is 2. The lowest BCUT2D eigenvalue weighted by atomic mass is 9.70. The van der Waals surface area contributed by atoms with E-state index in [1.165, 1.54) is 0 Å². The van der Waals surface area contributed by atoms with Crippen molar-refractivity contribution in [2.24, 2.45) is 5.92 Å². The third-order valence-electron chi connectivity index (χ3n) is 3.26. The second-order valence-corrected chi connectivity index (χ2v) is 5.56. The molecule has 0 saturated heterocycles. The van der Waals surface area contributed by atoms with Crippen molar-refractivity contribution in [3.05, 3.63) is 34.3 Å². The van der Waals surface area contributed by atoms with Crippen LogP contribution in [0.15, 0.2) is 28.7 Å². The van der Waals surface area contributed by atoms with Crippen LogP contribution in [0, 0.1) is 17.2 Å². The van der Waals surface area contributed by atoms with Gasteiger partial charge in [0.25, 0.3) is 0 Å². The van der Waals surface area contributed by atoms with E-state index >= 15 is 0 Å². The maximum absolute atomic E-state index is 10.8. The zero-order valence-corrected chi connectivity index (χ0v) is 12.1. The summed E-state index contributed by atoms with van der Waals surface area (Å²) in [5.41, 5.74) is 0.123. The summed E-state index contributed by atoms with van der Waals surface area (Å²) in [7, 11) is 0. The number of nitriles is 1. The molecule has 0 fully saturated rings. The summed E-state index contributed by atoms with van der Waals surface area (Å²) >= 11 is 3.39. The first-order valence-corrected chi connectivity index (χ1v) is 6.61. The van der Waals surface area contributed by atoms with Crippen LogP contribution in [0.5, 0.6) is 0 Å². The lowest BCUT2D eigenvalue weighted by Crippen LogP contribution is -2.31. The minimum Gasteiger partial charge on any atom is -0.481 e. The number of aliphatic carboxylic acids is 1. The number of carboxylic acids is 1. The van der Waals surface area contributed by atoms with E-state index in [9.17, 15) is 10.1 Å². The first kappa shape index (κ1) is 14.7. The first-order valence-electron chi connectivity index (χ1n) is 5.81. The number of nitrogens with zero attached hydrogens (tertiary/aromatic N) is 1. The molecule has 0 aliphatic carbocycles. The highest BCUT2D eigenvalue weighted by Gasteiger charge is 2.36. The van der Waals surface area contributed by atoms with Crippen LogP contribution in [0.1, 0.15) is 32.3 Å². The Balaban J connectivity index is 3.19. The van der Waals surface area contributed by atoms with Gasteiger partial charge in [-0.2, -0.15) is 5.26 Å². The quantitative estimate of drug-likeness (QED) is 0.901. The number of carboxylic acid groups (broad SMARTS) is 1. The normalized spacial score (nSPS) is 13.9. The maximum atomic E-state index is 10.8. The van der Waals surface area contributed by atoms with Gasteiger partial charge in [0, 0.05) is 10.9 Å². The molecule has 0 radical (unpaired) electrons. The largest absolute Gasteiger partial charge is 0.481 e. The molecular formula is C14H16BrNO2. The molecule has 18 heavy (non-hydrogen) atoms. The van der Waals surface area contributed by atoms with E-state index in [0.717, 1.165) is 10.0 Å². The molecule has 0 spiro atoms. The summed E-state index contributed by atoms with van der Waals surface area (Å²) in [5.74, 6) is -0.818. The molecule has 0 aliphatic rings. The van der Waals surface area contributed by atoms with Gasteiger partial charge in [0.05, 0.1) is 11.5 Å². The van der Waals surface area contributed by atoms with Crippen molar-refractivity contribution in [1.29, 1.82) is 5.26 Å². The summed E-state index contributed by atoms with van der Waals surface area (Å²) in [6, 6.07) is 9.87. The Morgan fingerprint density at radius 2 is 2.22 bits per heavy atom. The topological polar surface area (TPSA) is 61.1 Å². The van der Waals surface area contributed by atoms with Gasteiger partial charge in [0.15, 0.2) is 0 Å². The minimum absolute atomic E-state index is 0.00173. The molecule has 0 heterocycles. The second kappa shape index (κ2) is 6.01. The smallest absolute Gasteiger partial charge is 0.303 e. The average Bonchev–Trinajstić information content (AvgIpc) is 2.29. The standard InChI is InChI=1S/C14H16BrNO2/c1-10(2)14(9-16,7-6-13(17)18)11-4-3-5-12(15)8-11/h3-5,8,10H,6-7H2,1-2H3,(H,17,18). The highest BCUT2D eigenvalue weighted by molar-refractivity contribution is 9.10. The lowest BCUT2D eigenvalue weighted by Gasteiger charge is -2.31. The summed E-state index contributed by atoms with van der Waals surface area (Å²) in [6.07, 6.45) is 0.325. The van der Waals surface area contributed by atoms with Crippen LogP contribution < -0.4 is 0 Å². The van der Waals surface area contributed by atoms with Gasteiger partial charge in [-0.25, -0.2) is 0 Å². The Morgan fingerprint density at radius 1 is 1.56 bits per heavy atom. The van der Waals surface area contributed by atoms with E-state index in [-0.39, 0.29) is 12.3 Å². The Labute approximate surface area is 116 Å². The maximum Gasteiger partial charge on any atom is 0.303 e. The molecule has 0 bridgehead atoms. The highest BCUT2D eigenvalue weighted by Crippen LogP contribution is 2.37. The van der Waals surface area contributed by atoms with Gasteiger partial charge in [0.1, 0.15) is 0 Å². The SMILES string of the molecule is CC(C)C(C#N)(CCC(=O)O)c1cccc(Br)c1. The van der Waals surface area contributed by atoms with Gasteiger partial charge >= 0.3 is 5.97 Å². The molecule has 96 valence electrons. The average molecular weight is 310 g/mol. The second-order valence-electron chi connectivity index (χ2n) is 4.64. The van der Waals surface area contributed by atoms with E-state index < -0.39 is 11.4 Å². The van der Waals surface area contributed by atoms with Crippen molar-refractivity contribution in [2.75, 3.05) is 0 Å².